The van der Waals surface area contributed by atoms with Gasteiger partial charge in [-0.2, -0.15) is 10.4 Å². The van der Waals surface area contributed by atoms with Crippen molar-refractivity contribution in [2.45, 2.75) is 60.0 Å². The van der Waals surface area contributed by atoms with E-state index in [1.54, 1.807) is 29.7 Å². The van der Waals surface area contributed by atoms with Gasteiger partial charge in [0.05, 0.1) is 11.8 Å². The highest BCUT2D eigenvalue weighted by atomic mass is 32.1. The van der Waals surface area contributed by atoms with Crippen molar-refractivity contribution in [1.29, 1.82) is 5.26 Å². The third kappa shape index (κ3) is 5.54. The molecule has 6 rings (SSSR count). The Morgan fingerprint density at radius 1 is 1.02 bits per heavy atom. The lowest BCUT2D eigenvalue weighted by atomic mass is 9.96. The van der Waals surface area contributed by atoms with E-state index in [9.17, 15) is 10.1 Å². The zero-order valence-electron chi connectivity index (χ0n) is 24.7. The number of carbonyl (C=O) groups is 1. The first-order chi connectivity index (χ1) is 20.8. The summed E-state index contributed by atoms with van der Waals surface area (Å²) < 4.78 is 15.9. The molecule has 4 heterocycles. The molecule has 1 aromatic carbocycles. The Morgan fingerprint density at radius 3 is 2.51 bits per heavy atom. The molecular formula is C34H33N5O3S. The number of fused-ring (bicyclic) bond motifs is 1. The first-order valence-electron chi connectivity index (χ1n) is 14.4. The van der Waals surface area contributed by atoms with E-state index < -0.39 is 5.91 Å². The van der Waals surface area contributed by atoms with E-state index in [0.717, 1.165) is 52.5 Å². The Labute approximate surface area is 254 Å². The van der Waals surface area contributed by atoms with Crippen LogP contribution in [0.1, 0.15) is 73.5 Å². The van der Waals surface area contributed by atoms with Crippen LogP contribution in [0.3, 0.4) is 0 Å². The number of aryl methyl sites for hydroxylation is 4. The summed E-state index contributed by atoms with van der Waals surface area (Å²) in [5.41, 5.74) is 10.8. The molecule has 0 spiro atoms. The number of hydrogen-bond donors (Lipinski definition) is 1. The number of nitrogens with zero attached hydrogens (tertiary/aromatic N) is 4. The maximum Gasteiger partial charge on any atom is 0.307 e. The van der Waals surface area contributed by atoms with Crippen molar-refractivity contribution in [3.63, 3.8) is 0 Å². The zero-order valence-corrected chi connectivity index (χ0v) is 25.5. The Morgan fingerprint density at radius 2 is 1.77 bits per heavy atom. The number of amides is 1. The second kappa shape index (κ2) is 11.8. The average molecular weight is 592 g/mol. The fourth-order valence-electron chi connectivity index (χ4n) is 5.77. The number of carbonyl (C=O) groups excluding carboxylic acids is 1. The summed E-state index contributed by atoms with van der Waals surface area (Å²) in [6.07, 6.45) is 5.94. The number of hydrazone groups is 1. The third-order valence-corrected chi connectivity index (χ3v) is 9.22. The molecule has 5 aromatic rings. The summed E-state index contributed by atoms with van der Waals surface area (Å²) in [6.45, 7) is 8.38. The smallest absolute Gasteiger partial charge is 0.307 e. The van der Waals surface area contributed by atoms with Gasteiger partial charge in [-0.05, 0) is 114 Å². The van der Waals surface area contributed by atoms with Crippen LogP contribution in [0.25, 0.3) is 10.7 Å². The van der Waals surface area contributed by atoms with Gasteiger partial charge in [-0.15, -0.1) is 11.3 Å². The molecule has 0 fully saturated rings. The monoisotopic (exact) mass is 591 g/mol. The predicted molar refractivity (Wildman–Crippen MR) is 168 cm³/mol. The van der Waals surface area contributed by atoms with E-state index >= 15 is 0 Å². The molecule has 43 heavy (non-hydrogen) atoms. The Hall–Kier alpha value is -4.81. The van der Waals surface area contributed by atoms with E-state index in [0.29, 0.717) is 11.5 Å². The minimum atomic E-state index is -0.448. The standard InChI is InChI=1S/C34H33N5O3S/c1-21-9-10-22(2)38(21)26-11-13-27(14-12-26)41-20-28-15-16-31(42-28)33(40)37-36-19-25-17-23(3)39(24(25)4)34-30(18-35)29-7-5-6-8-32(29)43-34/h9-17,19H,5-8,20H2,1-4H3,(H,37,40)/b36-19+. The Bertz CT molecular complexity index is 1860. The highest BCUT2D eigenvalue weighted by Crippen LogP contribution is 2.38. The zero-order chi connectivity index (χ0) is 30.1. The van der Waals surface area contributed by atoms with Crippen molar-refractivity contribution in [1.82, 2.24) is 14.6 Å². The van der Waals surface area contributed by atoms with Crippen LogP contribution in [-0.2, 0) is 19.4 Å². The van der Waals surface area contributed by atoms with E-state index in [2.05, 4.69) is 51.7 Å². The molecule has 0 bridgehead atoms. The number of nitriles is 1. The molecule has 0 atom stereocenters. The van der Waals surface area contributed by atoms with E-state index in [1.807, 2.05) is 44.2 Å². The fourth-order valence-corrected chi connectivity index (χ4v) is 7.22. The lowest BCUT2D eigenvalue weighted by molar-refractivity contribution is 0.0923. The SMILES string of the molecule is Cc1ccc(C)n1-c1ccc(OCc2ccc(C(=O)N/N=C/c3cc(C)n(-c4sc5c(c4C#N)CCCC5)c3C)o2)cc1. The molecule has 8 nitrogen and oxygen atoms in total. The molecule has 1 N–H and O–H groups in total. The van der Waals surface area contributed by atoms with Crippen LogP contribution in [-0.4, -0.2) is 21.3 Å². The Kier molecular flexibility index (Phi) is 7.78. The summed E-state index contributed by atoms with van der Waals surface area (Å²) >= 11 is 1.72. The van der Waals surface area contributed by atoms with Gasteiger partial charge in [-0.25, -0.2) is 5.43 Å². The molecule has 0 radical (unpaired) electrons. The molecule has 4 aromatic heterocycles. The second-order valence-electron chi connectivity index (χ2n) is 10.9. The molecular weight excluding hydrogens is 558 g/mol. The number of furan rings is 1. The predicted octanol–water partition coefficient (Wildman–Crippen LogP) is 7.25. The summed E-state index contributed by atoms with van der Waals surface area (Å²) in [7, 11) is 0. The molecule has 9 heteroatoms. The van der Waals surface area contributed by atoms with Gasteiger partial charge < -0.3 is 18.3 Å². The molecule has 1 amide bonds. The van der Waals surface area contributed by atoms with E-state index in [-0.39, 0.29) is 12.4 Å². The maximum atomic E-state index is 12.7. The van der Waals surface area contributed by atoms with Crippen molar-refractivity contribution >= 4 is 23.5 Å². The largest absolute Gasteiger partial charge is 0.486 e. The van der Waals surface area contributed by atoms with Crippen LogP contribution in [0.2, 0.25) is 0 Å². The van der Waals surface area contributed by atoms with Crippen LogP contribution in [0.5, 0.6) is 5.75 Å². The van der Waals surface area contributed by atoms with Crippen molar-refractivity contribution in [3.05, 3.63) is 110 Å². The summed E-state index contributed by atoms with van der Waals surface area (Å²) in [5.74, 6) is 0.944. The number of ether oxygens (including phenoxy) is 1. The van der Waals surface area contributed by atoms with Crippen molar-refractivity contribution < 1.29 is 13.9 Å². The van der Waals surface area contributed by atoms with Gasteiger partial charge in [0.25, 0.3) is 0 Å². The molecule has 0 unspecified atom stereocenters. The van der Waals surface area contributed by atoms with Crippen LogP contribution in [0, 0.1) is 39.0 Å². The van der Waals surface area contributed by atoms with Gasteiger partial charge in [-0.1, -0.05) is 0 Å². The quantitative estimate of drug-likeness (QED) is 0.152. The number of thiophene rings is 1. The highest BCUT2D eigenvalue weighted by Gasteiger charge is 2.23. The van der Waals surface area contributed by atoms with Gasteiger partial charge in [0.15, 0.2) is 5.76 Å². The van der Waals surface area contributed by atoms with Crippen molar-refractivity contribution in [3.8, 4) is 22.5 Å². The first-order valence-corrected chi connectivity index (χ1v) is 15.2. The van der Waals surface area contributed by atoms with Crippen LogP contribution in [0.4, 0.5) is 0 Å². The van der Waals surface area contributed by atoms with Gasteiger partial charge in [0.2, 0.25) is 0 Å². The molecule has 0 aliphatic heterocycles. The molecule has 1 aliphatic rings. The second-order valence-corrected chi connectivity index (χ2v) is 11.9. The van der Waals surface area contributed by atoms with Gasteiger partial charge in [-0.3, -0.25) is 4.79 Å². The topological polar surface area (TPSA) is 97.5 Å². The molecule has 0 saturated heterocycles. The van der Waals surface area contributed by atoms with Crippen LogP contribution >= 0.6 is 11.3 Å². The van der Waals surface area contributed by atoms with Crippen molar-refractivity contribution in [2.75, 3.05) is 0 Å². The average Bonchev–Trinajstić information content (AvgIpc) is 3.77. The molecule has 0 saturated carbocycles. The normalized spacial score (nSPS) is 12.8. The summed E-state index contributed by atoms with van der Waals surface area (Å²) in [4.78, 5) is 14.0. The lowest BCUT2D eigenvalue weighted by Gasteiger charge is -2.10. The van der Waals surface area contributed by atoms with E-state index in [4.69, 9.17) is 9.15 Å². The fraction of sp³-hybridized carbons (Fsp3) is 0.265. The van der Waals surface area contributed by atoms with Crippen LogP contribution in [0.15, 0.2) is 64.1 Å². The minimum Gasteiger partial charge on any atom is -0.486 e. The van der Waals surface area contributed by atoms with Crippen molar-refractivity contribution in [2.24, 2.45) is 5.10 Å². The molecule has 1 aliphatic carbocycles. The Balaban J connectivity index is 1.08. The van der Waals surface area contributed by atoms with E-state index in [1.165, 1.54) is 28.2 Å². The number of benzene rings is 1. The van der Waals surface area contributed by atoms with Gasteiger partial charge in [0, 0.05) is 38.9 Å². The van der Waals surface area contributed by atoms with Gasteiger partial charge >= 0.3 is 5.91 Å². The first kappa shape index (κ1) is 28.3. The maximum absolute atomic E-state index is 12.7. The highest BCUT2D eigenvalue weighted by molar-refractivity contribution is 7.15. The number of hydrogen-bond acceptors (Lipinski definition) is 6. The lowest BCUT2D eigenvalue weighted by Crippen LogP contribution is -2.16. The van der Waals surface area contributed by atoms with Crippen LogP contribution < -0.4 is 10.2 Å². The number of aromatic nitrogens is 2. The third-order valence-electron chi connectivity index (χ3n) is 7.94. The number of nitrogens with one attached hydrogen (secondary N) is 1. The summed E-state index contributed by atoms with van der Waals surface area (Å²) in [5, 5.41) is 15.1. The summed E-state index contributed by atoms with van der Waals surface area (Å²) in [6, 6.07) is 19.9. The minimum absolute atomic E-state index is 0.151. The van der Waals surface area contributed by atoms with Gasteiger partial charge in [0.1, 0.15) is 29.2 Å². The molecule has 218 valence electrons. The number of rotatable bonds is 8.